The first-order chi connectivity index (χ1) is 11.1. The molecule has 0 aliphatic carbocycles. The molecule has 0 aliphatic heterocycles. The van der Waals surface area contributed by atoms with Gasteiger partial charge in [-0.1, -0.05) is 59.1 Å². The number of nitrogens with one attached hydrogen (secondary N) is 1. The minimum absolute atomic E-state index is 0.342. The summed E-state index contributed by atoms with van der Waals surface area (Å²) in [5, 5.41) is 12.7. The van der Waals surface area contributed by atoms with Crippen LogP contribution in [0.25, 0.3) is 11.4 Å². The fraction of sp³-hybridized carbons (Fsp3) is 0. The van der Waals surface area contributed by atoms with Crippen LogP contribution >= 0.6 is 47.0 Å². The molecule has 4 nitrogen and oxygen atoms in total. The summed E-state index contributed by atoms with van der Waals surface area (Å²) in [5.41, 5.74) is 1.39. The third-order valence-electron chi connectivity index (χ3n) is 3.06. The maximum Gasteiger partial charge on any atom is 0.216 e. The van der Waals surface area contributed by atoms with E-state index in [1.807, 2.05) is 18.2 Å². The van der Waals surface area contributed by atoms with Crippen molar-refractivity contribution in [2.45, 2.75) is 0 Å². The van der Waals surface area contributed by atoms with Gasteiger partial charge in [0.1, 0.15) is 0 Å². The number of aromatic amines is 1. The lowest BCUT2D eigenvalue weighted by atomic mass is 10.2. The van der Waals surface area contributed by atoms with E-state index < -0.39 is 0 Å². The number of hydrogen-bond acceptors (Lipinski definition) is 3. The average Bonchev–Trinajstić information content (AvgIpc) is 2.90. The van der Waals surface area contributed by atoms with E-state index in [1.54, 1.807) is 30.5 Å². The Morgan fingerprint density at radius 3 is 2.57 bits per heavy atom. The van der Waals surface area contributed by atoms with Crippen LogP contribution in [0.4, 0.5) is 0 Å². The fourth-order valence-corrected chi connectivity index (χ4v) is 2.71. The smallest absolute Gasteiger partial charge is 0.216 e. The van der Waals surface area contributed by atoms with Crippen molar-refractivity contribution in [3.8, 4) is 11.4 Å². The van der Waals surface area contributed by atoms with Crippen LogP contribution in [-0.2, 0) is 0 Å². The first-order valence-corrected chi connectivity index (χ1v) is 8.03. The lowest BCUT2D eigenvalue weighted by Crippen LogP contribution is -1.96. The van der Waals surface area contributed by atoms with Gasteiger partial charge in [-0.05, 0) is 30.4 Å². The second kappa shape index (κ2) is 6.84. The van der Waals surface area contributed by atoms with Crippen molar-refractivity contribution in [2.75, 3.05) is 0 Å². The minimum atomic E-state index is 0.342. The van der Waals surface area contributed by atoms with E-state index in [2.05, 4.69) is 15.3 Å². The highest BCUT2D eigenvalue weighted by molar-refractivity contribution is 7.71. The molecule has 0 bridgehead atoms. The third-order valence-corrected chi connectivity index (χ3v) is 4.49. The zero-order valence-corrected chi connectivity index (χ0v) is 14.6. The van der Waals surface area contributed by atoms with E-state index in [9.17, 15) is 0 Å². The maximum absolute atomic E-state index is 6.21. The van der Waals surface area contributed by atoms with Crippen molar-refractivity contribution in [1.82, 2.24) is 14.9 Å². The molecular weight excluding hydrogens is 375 g/mol. The van der Waals surface area contributed by atoms with Crippen LogP contribution in [0.5, 0.6) is 0 Å². The highest BCUT2D eigenvalue weighted by Gasteiger charge is 2.11. The number of halogens is 3. The third kappa shape index (κ3) is 3.33. The Hall–Kier alpha value is -1.66. The molecule has 8 heteroatoms. The van der Waals surface area contributed by atoms with Crippen molar-refractivity contribution >= 4 is 53.2 Å². The molecule has 1 N–H and O–H groups in total. The largest absolute Gasteiger partial charge is 0.250 e. The van der Waals surface area contributed by atoms with E-state index in [0.29, 0.717) is 31.2 Å². The predicted octanol–water partition coefficient (Wildman–Crippen LogP) is 5.45. The second-order valence-corrected chi connectivity index (χ2v) is 6.11. The quantitative estimate of drug-likeness (QED) is 0.483. The van der Waals surface area contributed by atoms with Gasteiger partial charge in [-0.25, -0.2) is 5.10 Å². The lowest BCUT2D eigenvalue weighted by Gasteiger charge is -2.03. The molecule has 2 aromatic carbocycles. The van der Waals surface area contributed by atoms with E-state index in [0.717, 1.165) is 5.56 Å². The molecule has 0 unspecified atom stereocenters. The number of aromatic nitrogens is 3. The number of hydrogen-bond donors (Lipinski definition) is 1. The Kier molecular flexibility index (Phi) is 4.82. The standard InChI is InChI=1S/C15H9Cl3N4S/c16-11-6-2-1-5-10(11)14-20-21-15(23)22(14)19-8-9-4-3-7-12(17)13(9)18/h1-8H,(H,21,23). The lowest BCUT2D eigenvalue weighted by molar-refractivity contribution is 0.871. The van der Waals surface area contributed by atoms with Gasteiger partial charge in [-0.15, -0.1) is 0 Å². The van der Waals surface area contributed by atoms with Crippen LogP contribution in [0, 0.1) is 4.77 Å². The summed E-state index contributed by atoms with van der Waals surface area (Å²) >= 11 is 23.6. The number of benzene rings is 2. The summed E-state index contributed by atoms with van der Waals surface area (Å²) in [5.74, 6) is 0.509. The molecule has 116 valence electrons. The van der Waals surface area contributed by atoms with Gasteiger partial charge in [-0.3, -0.25) is 0 Å². The van der Waals surface area contributed by atoms with Gasteiger partial charge >= 0.3 is 0 Å². The van der Waals surface area contributed by atoms with E-state index in [4.69, 9.17) is 47.0 Å². The van der Waals surface area contributed by atoms with Gasteiger partial charge in [0.05, 0.1) is 21.3 Å². The predicted molar refractivity (Wildman–Crippen MR) is 97.3 cm³/mol. The van der Waals surface area contributed by atoms with Crippen molar-refractivity contribution < 1.29 is 0 Å². The normalized spacial score (nSPS) is 11.3. The Morgan fingerprint density at radius 1 is 1.04 bits per heavy atom. The summed E-state index contributed by atoms with van der Waals surface area (Å²) in [4.78, 5) is 0. The molecule has 3 rings (SSSR count). The Morgan fingerprint density at radius 2 is 1.78 bits per heavy atom. The van der Waals surface area contributed by atoms with E-state index >= 15 is 0 Å². The molecule has 0 amide bonds. The zero-order chi connectivity index (χ0) is 16.4. The Bertz CT molecular complexity index is 946. The second-order valence-electron chi connectivity index (χ2n) is 4.53. The van der Waals surface area contributed by atoms with Crippen LogP contribution in [0.3, 0.4) is 0 Å². The van der Waals surface area contributed by atoms with Crippen LogP contribution in [-0.4, -0.2) is 21.1 Å². The van der Waals surface area contributed by atoms with E-state index in [-0.39, 0.29) is 0 Å². The van der Waals surface area contributed by atoms with E-state index in [1.165, 1.54) is 4.68 Å². The van der Waals surface area contributed by atoms with Crippen LogP contribution < -0.4 is 0 Å². The van der Waals surface area contributed by atoms with Crippen LogP contribution in [0.15, 0.2) is 47.6 Å². The summed E-state index contributed by atoms with van der Waals surface area (Å²) in [6.07, 6.45) is 1.57. The van der Waals surface area contributed by atoms with Gasteiger partial charge in [0.15, 0.2) is 5.82 Å². The number of rotatable bonds is 3. The average molecular weight is 384 g/mol. The number of nitrogens with zero attached hydrogens (tertiary/aromatic N) is 3. The summed E-state index contributed by atoms with van der Waals surface area (Å²) < 4.78 is 1.82. The van der Waals surface area contributed by atoms with Gasteiger partial charge in [0.25, 0.3) is 0 Å². The molecule has 0 saturated heterocycles. The van der Waals surface area contributed by atoms with Gasteiger partial charge in [-0.2, -0.15) is 14.9 Å². The highest BCUT2D eigenvalue weighted by Crippen LogP contribution is 2.27. The van der Waals surface area contributed by atoms with Gasteiger partial charge < -0.3 is 0 Å². The monoisotopic (exact) mass is 382 g/mol. The van der Waals surface area contributed by atoms with Gasteiger partial charge in [0, 0.05) is 11.1 Å². The Labute approximate surface area is 152 Å². The molecule has 1 heterocycles. The molecule has 0 fully saturated rings. The first kappa shape index (κ1) is 16.2. The zero-order valence-electron chi connectivity index (χ0n) is 11.5. The minimum Gasteiger partial charge on any atom is -0.250 e. The van der Waals surface area contributed by atoms with Crippen molar-refractivity contribution in [1.29, 1.82) is 0 Å². The topological polar surface area (TPSA) is 46.0 Å². The molecule has 0 saturated carbocycles. The van der Waals surface area contributed by atoms with Crippen molar-refractivity contribution in [2.24, 2.45) is 5.10 Å². The fourth-order valence-electron chi connectivity index (χ4n) is 1.96. The molecule has 0 radical (unpaired) electrons. The molecule has 1 aromatic heterocycles. The summed E-state index contributed by atoms with van der Waals surface area (Å²) in [6.45, 7) is 0. The maximum atomic E-state index is 6.21. The molecular formula is C15H9Cl3N4S. The summed E-state index contributed by atoms with van der Waals surface area (Å²) in [6, 6.07) is 12.6. The van der Waals surface area contributed by atoms with Crippen molar-refractivity contribution in [3.63, 3.8) is 0 Å². The van der Waals surface area contributed by atoms with Crippen LogP contribution in [0.2, 0.25) is 15.1 Å². The summed E-state index contributed by atoms with van der Waals surface area (Å²) in [7, 11) is 0. The molecule has 0 spiro atoms. The molecule has 0 atom stereocenters. The van der Waals surface area contributed by atoms with Crippen molar-refractivity contribution in [3.05, 3.63) is 67.9 Å². The molecule has 23 heavy (non-hydrogen) atoms. The SMILES string of the molecule is S=c1[nH]nc(-c2ccccc2Cl)n1N=Cc1cccc(Cl)c1Cl. The van der Waals surface area contributed by atoms with Gasteiger partial charge in [0.2, 0.25) is 4.77 Å². The molecule has 3 aromatic rings. The number of H-pyrrole nitrogens is 1. The highest BCUT2D eigenvalue weighted by atomic mass is 35.5. The Balaban J connectivity index is 2.07. The first-order valence-electron chi connectivity index (χ1n) is 6.48. The van der Waals surface area contributed by atoms with Crippen LogP contribution in [0.1, 0.15) is 5.56 Å². The molecule has 0 aliphatic rings.